The monoisotopic (exact) mass is 572 g/mol. The molecule has 3 aromatic heterocycles. The molecule has 1 aliphatic rings. The Morgan fingerprint density at radius 1 is 0.977 bits per heavy atom. The average molecular weight is 573 g/mol. The first-order valence-electron chi connectivity index (χ1n) is 14.7. The van der Waals surface area contributed by atoms with Gasteiger partial charge in [-0.15, -0.1) is 0 Å². The van der Waals surface area contributed by atoms with E-state index in [0.29, 0.717) is 18.2 Å². The molecule has 0 spiro atoms. The van der Waals surface area contributed by atoms with E-state index in [2.05, 4.69) is 84.1 Å². The third kappa shape index (κ3) is 6.62. The highest BCUT2D eigenvalue weighted by molar-refractivity contribution is 6.06. The normalized spacial score (nSPS) is 15.7. The number of fused-ring (bicyclic) bond motifs is 1. The van der Waals surface area contributed by atoms with Gasteiger partial charge in [0.2, 0.25) is 0 Å². The lowest BCUT2D eigenvalue weighted by Gasteiger charge is -2.17. The second-order valence-corrected chi connectivity index (χ2v) is 11.0. The van der Waals surface area contributed by atoms with Crippen LogP contribution in [0, 0.1) is 0 Å². The topological polar surface area (TPSA) is 108 Å². The average Bonchev–Trinajstić information content (AvgIpc) is 3.49. The van der Waals surface area contributed by atoms with E-state index >= 15 is 0 Å². The summed E-state index contributed by atoms with van der Waals surface area (Å²) in [6.07, 6.45) is 6.22. The van der Waals surface area contributed by atoms with Crippen molar-refractivity contribution in [1.82, 2.24) is 30.2 Å². The van der Waals surface area contributed by atoms with Crippen molar-refractivity contribution in [3.05, 3.63) is 108 Å². The lowest BCUT2D eigenvalue weighted by molar-refractivity contribution is 0.0964. The molecule has 1 fully saturated rings. The smallest absolute Gasteiger partial charge is 0.251 e. The SMILES string of the molecule is CNC(=O)c1ccnc2c([C@H](C)CNc3cc(-c4ccc(NC5CCN(Cc6ccccc6)C5)nc4)ncn3)cccc12. The number of para-hydroxylation sites is 1. The van der Waals surface area contributed by atoms with Gasteiger partial charge in [0.1, 0.15) is 18.0 Å². The van der Waals surface area contributed by atoms with Crippen LogP contribution in [0.25, 0.3) is 22.2 Å². The summed E-state index contributed by atoms with van der Waals surface area (Å²) in [6, 6.07) is 24.7. The van der Waals surface area contributed by atoms with Gasteiger partial charge in [0, 0.05) is 74.6 Å². The second-order valence-electron chi connectivity index (χ2n) is 11.0. The number of carbonyl (C=O) groups is 1. The van der Waals surface area contributed by atoms with E-state index in [1.165, 1.54) is 5.56 Å². The molecule has 0 radical (unpaired) electrons. The Kier molecular flexibility index (Phi) is 8.51. The molecule has 1 amide bonds. The van der Waals surface area contributed by atoms with Gasteiger partial charge in [-0.05, 0) is 35.7 Å². The minimum Gasteiger partial charge on any atom is -0.369 e. The number of benzene rings is 2. The first-order chi connectivity index (χ1) is 21.1. The molecule has 2 aromatic carbocycles. The number of rotatable bonds is 10. The molecule has 2 atom stereocenters. The van der Waals surface area contributed by atoms with Crippen LogP contribution in [-0.2, 0) is 6.54 Å². The number of nitrogens with one attached hydrogen (secondary N) is 3. The number of likely N-dealkylation sites (tertiary alicyclic amines) is 1. The number of anilines is 2. The van der Waals surface area contributed by atoms with E-state index in [1.807, 2.05) is 36.5 Å². The molecule has 9 nitrogen and oxygen atoms in total. The third-order valence-electron chi connectivity index (χ3n) is 7.99. The van der Waals surface area contributed by atoms with E-state index in [1.54, 1.807) is 25.6 Å². The largest absolute Gasteiger partial charge is 0.369 e. The summed E-state index contributed by atoms with van der Waals surface area (Å²) in [7, 11) is 1.64. The maximum absolute atomic E-state index is 12.4. The fourth-order valence-corrected chi connectivity index (χ4v) is 5.68. The van der Waals surface area contributed by atoms with Gasteiger partial charge in [-0.1, -0.05) is 55.5 Å². The summed E-state index contributed by atoms with van der Waals surface area (Å²) in [5.74, 6) is 1.62. The van der Waals surface area contributed by atoms with Crippen LogP contribution in [-0.4, -0.2) is 63.5 Å². The maximum atomic E-state index is 12.4. The first kappa shape index (κ1) is 28.2. The maximum Gasteiger partial charge on any atom is 0.251 e. The lowest BCUT2D eigenvalue weighted by atomic mass is 9.96. The van der Waals surface area contributed by atoms with Crippen LogP contribution in [0.5, 0.6) is 0 Å². The van der Waals surface area contributed by atoms with Crippen molar-refractivity contribution in [2.24, 2.45) is 0 Å². The summed E-state index contributed by atoms with van der Waals surface area (Å²) in [4.78, 5) is 33.0. The number of hydrogen-bond donors (Lipinski definition) is 3. The summed E-state index contributed by atoms with van der Waals surface area (Å²) < 4.78 is 0. The first-order valence-corrected chi connectivity index (χ1v) is 14.7. The molecule has 0 aliphatic carbocycles. The molecular weight excluding hydrogens is 536 g/mol. The fourth-order valence-electron chi connectivity index (χ4n) is 5.68. The van der Waals surface area contributed by atoms with E-state index < -0.39 is 0 Å². The Labute approximate surface area is 251 Å². The van der Waals surface area contributed by atoms with Crippen LogP contribution in [0.15, 0.2) is 91.5 Å². The quantitative estimate of drug-likeness (QED) is 0.206. The molecule has 218 valence electrons. The van der Waals surface area contributed by atoms with Gasteiger partial charge in [-0.2, -0.15) is 0 Å². The van der Waals surface area contributed by atoms with Gasteiger partial charge < -0.3 is 16.0 Å². The highest BCUT2D eigenvalue weighted by Crippen LogP contribution is 2.27. The van der Waals surface area contributed by atoms with Crippen molar-refractivity contribution in [3.8, 4) is 11.3 Å². The Balaban J connectivity index is 1.07. The molecule has 1 aliphatic heterocycles. The Bertz CT molecular complexity index is 1690. The summed E-state index contributed by atoms with van der Waals surface area (Å²) >= 11 is 0. The Morgan fingerprint density at radius 3 is 2.67 bits per heavy atom. The highest BCUT2D eigenvalue weighted by Gasteiger charge is 2.22. The van der Waals surface area contributed by atoms with Gasteiger partial charge in [0.15, 0.2) is 0 Å². The van der Waals surface area contributed by atoms with Crippen molar-refractivity contribution in [2.45, 2.75) is 31.8 Å². The number of aromatic nitrogens is 4. The van der Waals surface area contributed by atoms with Crippen molar-refractivity contribution < 1.29 is 4.79 Å². The second kappa shape index (κ2) is 13.0. The zero-order valence-corrected chi connectivity index (χ0v) is 24.5. The molecule has 4 heterocycles. The summed E-state index contributed by atoms with van der Waals surface area (Å²) in [5, 5.41) is 10.6. The third-order valence-corrected chi connectivity index (χ3v) is 7.99. The van der Waals surface area contributed by atoms with Gasteiger partial charge in [-0.25, -0.2) is 15.0 Å². The number of carbonyl (C=O) groups excluding carboxylic acids is 1. The van der Waals surface area contributed by atoms with Crippen molar-refractivity contribution >= 4 is 28.4 Å². The van der Waals surface area contributed by atoms with Crippen LogP contribution in [0.4, 0.5) is 11.6 Å². The summed E-state index contributed by atoms with van der Waals surface area (Å²) in [6.45, 7) is 5.84. The van der Waals surface area contributed by atoms with E-state index in [0.717, 1.165) is 65.4 Å². The molecule has 1 unspecified atom stereocenters. The molecular formula is C34H36N8O. The zero-order chi connectivity index (χ0) is 29.6. The Morgan fingerprint density at radius 2 is 1.86 bits per heavy atom. The zero-order valence-electron chi connectivity index (χ0n) is 24.5. The predicted molar refractivity (Wildman–Crippen MR) is 171 cm³/mol. The van der Waals surface area contributed by atoms with Crippen LogP contribution < -0.4 is 16.0 Å². The minimum atomic E-state index is -0.119. The molecule has 9 heteroatoms. The van der Waals surface area contributed by atoms with Crippen LogP contribution in [0.2, 0.25) is 0 Å². The Hall–Kier alpha value is -4.89. The van der Waals surface area contributed by atoms with E-state index in [9.17, 15) is 4.79 Å². The molecule has 0 saturated carbocycles. The van der Waals surface area contributed by atoms with E-state index in [-0.39, 0.29) is 11.8 Å². The number of hydrogen-bond acceptors (Lipinski definition) is 8. The van der Waals surface area contributed by atoms with Gasteiger partial charge in [0.05, 0.1) is 16.8 Å². The van der Waals surface area contributed by atoms with E-state index in [4.69, 9.17) is 0 Å². The number of pyridine rings is 2. The number of nitrogens with zero attached hydrogens (tertiary/aromatic N) is 5. The highest BCUT2D eigenvalue weighted by atomic mass is 16.1. The van der Waals surface area contributed by atoms with Crippen LogP contribution >= 0.6 is 0 Å². The standard InChI is InChI=1S/C34H36N8O/c1-23(27-9-6-10-28-29(34(43)35-2)13-15-36-33(27)28)18-37-32-17-30(39-22-40-32)25-11-12-31(38-19-25)41-26-14-16-42(21-26)20-24-7-4-3-5-8-24/h3-13,15,17,19,22-23,26H,14,16,18,20-21H2,1-2H3,(H,35,43)(H,38,41)(H,37,39,40)/t23-,26?/m1/s1. The van der Waals surface area contributed by atoms with Crippen LogP contribution in [0.3, 0.4) is 0 Å². The van der Waals surface area contributed by atoms with Crippen molar-refractivity contribution in [3.63, 3.8) is 0 Å². The minimum absolute atomic E-state index is 0.119. The van der Waals surface area contributed by atoms with Gasteiger partial charge in [-0.3, -0.25) is 14.7 Å². The van der Waals surface area contributed by atoms with Gasteiger partial charge in [0.25, 0.3) is 5.91 Å². The molecule has 1 saturated heterocycles. The fraction of sp³-hybridized carbons (Fsp3) is 0.265. The van der Waals surface area contributed by atoms with Crippen molar-refractivity contribution in [1.29, 1.82) is 0 Å². The summed E-state index contributed by atoms with van der Waals surface area (Å²) in [5.41, 5.74) is 5.62. The molecule has 43 heavy (non-hydrogen) atoms. The molecule has 3 N–H and O–H groups in total. The number of amides is 1. The van der Waals surface area contributed by atoms with Crippen molar-refractivity contribution in [2.75, 3.05) is 37.3 Å². The lowest BCUT2D eigenvalue weighted by Crippen LogP contribution is -2.26. The predicted octanol–water partition coefficient (Wildman–Crippen LogP) is 5.35. The molecule has 5 aromatic rings. The van der Waals surface area contributed by atoms with Gasteiger partial charge >= 0.3 is 0 Å². The molecule has 0 bridgehead atoms. The molecule has 6 rings (SSSR count). The van der Waals surface area contributed by atoms with Crippen LogP contribution in [0.1, 0.15) is 40.7 Å².